The number of hydrogen-bond donors (Lipinski definition) is 1. The summed E-state index contributed by atoms with van der Waals surface area (Å²) in [6.07, 6.45) is -4.33. The van der Waals surface area contributed by atoms with Crippen LogP contribution in [0.4, 0.5) is 13.2 Å². The van der Waals surface area contributed by atoms with Gasteiger partial charge in [-0.15, -0.1) is 0 Å². The number of carbonyl (C=O) groups is 1. The smallest absolute Gasteiger partial charge is 0.343 e. The molecule has 0 radical (unpaired) electrons. The largest absolute Gasteiger partial charge is 0.471 e. The van der Waals surface area contributed by atoms with Crippen molar-refractivity contribution >= 4 is 5.91 Å². The zero-order valence-electron chi connectivity index (χ0n) is 7.25. The average molecular weight is 183 g/mol. The Bertz CT molecular complexity index is 174. The Kier molecular flexibility index (Phi) is 3.12. The van der Waals surface area contributed by atoms with Crippen molar-refractivity contribution in [1.82, 2.24) is 5.32 Å². The molecule has 0 spiro atoms. The lowest BCUT2D eigenvalue weighted by molar-refractivity contribution is -0.175. The van der Waals surface area contributed by atoms with Gasteiger partial charge in [0.1, 0.15) is 0 Å². The summed E-state index contributed by atoms with van der Waals surface area (Å²) in [5.74, 6) is -1.88. The summed E-state index contributed by atoms with van der Waals surface area (Å²) >= 11 is 0. The Labute approximate surface area is 69.1 Å². The minimum atomic E-state index is -4.79. The third-order valence-electron chi connectivity index (χ3n) is 1.59. The molecule has 0 aliphatic rings. The molecule has 0 aromatic rings. The predicted octanol–water partition coefficient (Wildman–Crippen LogP) is 1.85. The fraction of sp³-hybridized carbons (Fsp3) is 0.857. The molecular formula is C7H12F3NO. The van der Waals surface area contributed by atoms with E-state index in [1.807, 2.05) is 5.32 Å². The highest BCUT2D eigenvalue weighted by Crippen LogP contribution is 2.17. The van der Waals surface area contributed by atoms with Crippen molar-refractivity contribution in [1.29, 1.82) is 0 Å². The summed E-state index contributed by atoms with van der Waals surface area (Å²) in [4.78, 5) is 10.4. The van der Waals surface area contributed by atoms with E-state index in [4.69, 9.17) is 0 Å². The van der Waals surface area contributed by atoms with E-state index in [0.717, 1.165) is 0 Å². The molecule has 0 atom stereocenters. The molecule has 2 nitrogen and oxygen atoms in total. The molecule has 0 rings (SSSR count). The molecule has 0 saturated carbocycles. The van der Waals surface area contributed by atoms with Gasteiger partial charge in [-0.3, -0.25) is 4.79 Å². The number of carbonyl (C=O) groups excluding carboxylic acids is 1. The second-order valence-corrected chi connectivity index (χ2v) is 3.19. The second kappa shape index (κ2) is 3.33. The van der Waals surface area contributed by atoms with Crippen LogP contribution in [0.3, 0.4) is 0 Å². The van der Waals surface area contributed by atoms with Gasteiger partial charge in [0.15, 0.2) is 0 Å². The number of amides is 1. The van der Waals surface area contributed by atoms with Gasteiger partial charge < -0.3 is 5.32 Å². The van der Waals surface area contributed by atoms with Gasteiger partial charge >= 0.3 is 12.1 Å². The molecule has 12 heavy (non-hydrogen) atoms. The monoisotopic (exact) mass is 183 g/mol. The van der Waals surface area contributed by atoms with Crippen LogP contribution in [0.2, 0.25) is 0 Å². The van der Waals surface area contributed by atoms with Crippen LogP contribution in [0.1, 0.15) is 27.2 Å². The Balaban J connectivity index is 4.20. The third kappa shape index (κ3) is 3.59. The van der Waals surface area contributed by atoms with Gasteiger partial charge in [-0.05, 0) is 20.3 Å². The zero-order chi connectivity index (χ0) is 9.99. The lowest BCUT2D eigenvalue weighted by atomic mass is 10.0. The lowest BCUT2D eigenvalue weighted by Gasteiger charge is -2.24. The van der Waals surface area contributed by atoms with Crippen molar-refractivity contribution < 1.29 is 18.0 Å². The molecule has 5 heteroatoms. The van der Waals surface area contributed by atoms with Crippen LogP contribution in [0, 0.1) is 0 Å². The van der Waals surface area contributed by atoms with Crippen molar-refractivity contribution in [2.45, 2.75) is 38.9 Å². The van der Waals surface area contributed by atoms with Crippen LogP contribution in [-0.2, 0) is 4.79 Å². The Morgan fingerprint density at radius 3 is 2.00 bits per heavy atom. The molecule has 1 N–H and O–H groups in total. The molecule has 0 aromatic heterocycles. The van der Waals surface area contributed by atoms with E-state index in [-0.39, 0.29) is 0 Å². The lowest BCUT2D eigenvalue weighted by Crippen LogP contribution is -2.48. The number of alkyl halides is 3. The molecule has 0 saturated heterocycles. The molecule has 0 aliphatic carbocycles. The Hall–Kier alpha value is -0.740. The first-order chi connectivity index (χ1) is 5.19. The number of hydrogen-bond acceptors (Lipinski definition) is 1. The van der Waals surface area contributed by atoms with E-state index in [9.17, 15) is 18.0 Å². The van der Waals surface area contributed by atoms with Gasteiger partial charge in [-0.2, -0.15) is 13.2 Å². The third-order valence-corrected chi connectivity index (χ3v) is 1.59. The van der Waals surface area contributed by atoms with E-state index < -0.39 is 17.6 Å². The van der Waals surface area contributed by atoms with E-state index in [1.165, 1.54) is 13.8 Å². The summed E-state index contributed by atoms with van der Waals surface area (Å²) in [7, 11) is 0. The average Bonchev–Trinajstić information content (AvgIpc) is 1.85. The topological polar surface area (TPSA) is 29.1 Å². The normalized spacial score (nSPS) is 12.8. The van der Waals surface area contributed by atoms with Crippen molar-refractivity contribution in [3.8, 4) is 0 Å². The predicted molar refractivity (Wildman–Crippen MR) is 38.6 cm³/mol. The molecule has 0 heterocycles. The van der Waals surface area contributed by atoms with E-state index in [1.54, 1.807) is 6.92 Å². The van der Waals surface area contributed by atoms with Gasteiger partial charge in [0.2, 0.25) is 0 Å². The first-order valence-corrected chi connectivity index (χ1v) is 3.58. The maximum Gasteiger partial charge on any atom is 0.471 e. The maximum atomic E-state index is 11.7. The van der Waals surface area contributed by atoms with Gasteiger partial charge in [-0.25, -0.2) is 0 Å². The summed E-state index contributed by atoms with van der Waals surface area (Å²) in [5.41, 5.74) is -0.799. The summed E-state index contributed by atoms with van der Waals surface area (Å²) in [6.45, 7) is 4.78. The highest BCUT2D eigenvalue weighted by molar-refractivity contribution is 5.82. The molecule has 0 fully saturated rings. The molecule has 0 aliphatic heterocycles. The van der Waals surface area contributed by atoms with Gasteiger partial charge in [0, 0.05) is 5.54 Å². The first kappa shape index (κ1) is 11.3. The molecular weight excluding hydrogens is 171 g/mol. The summed E-state index contributed by atoms with van der Waals surface area (Å²) in [6, 6.07) is 0. The molecule has 1 amide bonds. The standard InChI is InChI=1S/C7H12F3NO/c1-4-6(2,3)11-5(12)7(8,9)10/h4H2,1-3H3,(H,11,12). The summed E-state index contributed by atoms with van der Waals surface area (Å²) in [5, 5.41) is 1.88. The van der Waals surface area contributed by atoms with E-state index in [0.29, 0.717) is 6.42 Å². The molecule has 72 valence electrons. The maximum absolute atomic E-state index is 11.7. The zero-order valence-corrected chi connectivity index (χ0v) is 7.25. The van der Waals surface area contributed by atoms with Crippen LogP contribution in [-0.4, -0.2) is 17.6 Å². The fourth-order valence-corrected chi connectivity index (χ4v) is 0.467. The molecule has 0 aromatic carbocycles. The Morgan fingerprint density at radius 2 is 1.75 bits per heavy atom. The van der Waals surface area contributed by atoms with Crippen molar-refractivity contribution in [3.63, 3.8) is 0 Å². The number of nitrogens with one attached hydrogen (secondary N) is 1. The summed E-state index contributed by atoms with van der Waals surface area (Å²) < 4.78 is 35.1. The highest BCUT2D eigenvalue weighted by Gasteiger charge is 2.40. The minimum absolute atomic E-state index is 0.453. The molecule has 0 unspecified atom stereocenters. The van der Waals surface area contributed by atoms with Crippen LogP contribution in [0.5, 0.6) is 0 Å². The Morgan fingerprint density at radius 1 is 1.33 bits per heavy atom. The number of rotatable bonds is 2. The van der Waals surface area contributed by atoms with Crippen molar-refractivity contribution in [2.24, 2.45) is 0 Å². The van der Waals surface area contributed by atoms with Crippen LogP contribution in [0.15, 0.2) is 0 Å². The minimum Gasteiger partial charge on any atom is -0.343 e. The quantitative estimate of drug-likeness (QED) is 0.695. The second-order valence-electron chi connectivity index (χ2n) is 3.19. The van der Waals surface area contributed by atoms with Crippen LogP contribution in [0.25, 0.3) is 0 Å². The van der Waals surface area contributed by atoms with Crippen molar-refractivity contribution in [2.75, 3.05) is 0 Å². The SMILES string of the molecule is CCC(C)(C)NC(=O)C(F)(F)F. The van der Waals surface area contributed by atoms with Gasteiger partial charge in [0.25, 0.3) is 0 Å². The number of halogens is 3. The van der Waals surface area contributed by atoms with Gasteiger partial charge in [0.05, 0.1) is 0 Å². The fourth-order valence-electron chi connectivity index (χ4n) is 0.467. The molecule has 0 bridgehead atoms. The van der Waals surface area contributed by atoms with E-state index in [2.05, 4.69) is 0 Å². The van der Waals surface area contributed by atoms with Crippen LogP contribution < -0.4 is 5.32 Å². The van der Waals surface area contributed by atoms with Gasteiger partial charge in [-0.1, -0.05) is 6.92 Å². The van der Waals surface area contributed by atoms with Crippen molar-refractivity contribution in [3.05, 3.63) is 0 Å². The first-order valence-electron chi connectivity index (χ1n) is 3.58. The van der Waals surface area contributed by atoms with Crippen LogP contribution >= 0.6 is 0 Å². The highest BCUT2D eigenvalue weighted by atomic mass is 19.4. The van der Waals surface area contributed by atoms with E-state index >= 15 is 0 Å².